The summed E-state index contributed by atoms with van der Waals surface area (Å²) in [7, 11) is -0.702. The number of aliphatic hydroxyl groups is 1. The largest absolute Gasteiger partial charge is 0.464 e. The second-order valence-corrected chi connectivity index (χ2v) is 16.0. The van der Waals surface area contributed by atoms with Gasteiger partial charge in [0, 0.05) is 11.5 Å². The molecule has 36 heavy (non-hydrogen) atoms. The number of carbonyl (C=O) groups excluding carboxylic acids is 1. The molecule has 2 rings (SSSR count). The molecular formula is C28H43NO6Si. The lowest BCUT2D eigenvalue weighted by Crippen LogP contribution is -2.50. The number of carbonyl (C=O) groups is 1. The molecule has 0 amide bonds. The fourth-order valence-corrected chi connectivity index (χ4v) is 4.63. The van der Waals surface area contributed by atoms with Crippen LogP contribution in [0.4, 0.5) is 0 Å². The molecule has 1 aliphatic rings. The Hall–Kier alpha value is -2.26. The van der Waals surface area contributed by atoms with E-state index in [1.807, 2.05) is 37.3 Å². The summed E-state index contributed by atoms with van der Waals surface area (Å²) in [4.78, 5) is 15.4. The number of rotatable bonds is 12. The molecule has 0 radical (unpaired) electrons. The molecule has 1 aromatic heterocycles. The van der Waals surface area contributed by atoms with Gasteiger partial charge in [0.05, 0.1) is 19.3 Å². The summed E-state index contributed by atoms with van der Waals surface area (Å²) in [6.07, 6.45) is 16.3. The van der Waals surface area contributed by atoms with E-state index >= 15 is 0 Å². The molecule has 1 N–H and O–H groups in total. The van der Waals surface area contributed by atoms with Crippen molar-refractivity contribution in [2.45, 2.75) is 90.5 Å². The molecule has 1 fully saturated rings. The normalized spacial score (nSPS) is 21.2. The van der Waals surface area contributed by atoms with Crippen molar-refractivity contribution in [1.82, 2.24) is 4.98 Å². The van der Waals surface area contributed by atoms with Crippen molar-refractivity contribution in [3.63, 3.8) is 0 Å². The maximum Gasteiger partial charge on any atom is 0.360 e. The topological polar surface area (TPSA) is 94.3 Å². The van der Waals surface area contributed by atoms with Crippen molar-refractivity contribution >= 4 is 20.4 Å². The number of hydrogen-bond acceptors (Lipinski definition) is 7. The molecule has 8 heteroatoms. The van der Waals surface area contributed by atoms with Crippen LogP contribution in [0.15, 0.2) is 53.2 Å². The van der Waals surface area contributed by atoms with Crippen molar-refractivity contribution < 1.29 is 28.2 Å². The first-order valence-electron chi connectivity index (χ1n) is 12.4. The lowest BCUT2D eigenvalue weighted by Gasteiger charge is -2.44. The zero-order valence-corrected chi connectivity index (χ0v) is 24.1. The molecular weight excluding hydrogens is 474 g/mol. The molecule has 1 aliphatic heterocycles. The highest BCUT2D eigenvalue weighted by atomic mass is 28.4. The van der Waals surface area contributed by atoms with E-state index in [1.165, 1.54) is 13.4 Å². The second kappa shape index (κ2) is 12.3. The first-order chi connectivity index (χ1) is 16.7. The van der Waals surface area contributed by atoms with E-state index in [4.69, 9.17) is 13.6 Å². The molecule has 1 saturated heterocycles. The summed E-state index contributed by atoms with van der Waals surface area (Å²) in [5, 5.41) is 11.1. The summed E-state index contributed by atoms with van der Waals surface area (Å²) in [5.41, 5.74) is -0.320. The number of esters is 1. The molecule has 7 nitrogen and oxygen atoms in total. The molecule has 2 heterocycles. The van der Waals surface area contributed by atoms with Gasteiger partial charge in [0.2, 0.25) is 5.89 Å². The van der Waals surface area contributed by atoms with Crippen molar-refractivity contribution in [2.75, 3.05) is 7.11 Å². The van der Waals surface area contributed by atoms with Crippen molar-refractivity contribution in [1.29, 1.82) is 0 Å². The summed E-state index contributed by atoms with van der Waals surface area (Å²) in [6, 6.07) is 0. The van der Waals surface area contributed by atoms with Gasteiger partial charge in [-0.05, 0) is 31.5 Å². The lowest BCUT2D eigenvalue weighted by atomic mass is 9.79. The summed E-state index contributed by atoms with van der Waals surface area (Å²) in [6.45, 7) is 17.3. The van der Waals surface area contributed by atoms with Gasteiger partial charge in [-0.15, -0.1) is 0 Å². The zero-order chi connectivity index (χ0) is 27.1. The highest BCUT2D eigenvalue weighted by Gasteiger charge is 2.44. The van der Waals surface area contributed by atoms with Gasteiger partial charge >= 0.3 is 5.97 Å². The average molecular weight is 518 g/mol. The average Bonchev–Trinajstić information content (AvgIpc) is 3.36. The smallest absolute Gasteiger partial charge is 0.360 e. The first kappa shape index (κ1) is 30.0. The zero-order valence-electron chi connectivity index (χ0n) is 23.1. The number of epoxide rings is 1. The third-order valence-electron chi connectivity index (χ3n) is 7.00. The van der Waals surface area contributed by atoms with Crippen molar-refractivity contribution in [3.8, 4) is 0 Å². The van der Waals surface area contributed by atoms with Gasteiger partial charge in [-0.3, -0.25) is 0 Å². The molecule has 0 aromatic carbocycles. The maximum atomic E-state index is 11.4. The number of aromatic nitrogens is 1. The Bertz CT molecular complexity index is 982. The molecule has 0 bridgehead atoms. The van der Waals surface area contributed by atoms with Gasteiger partial charge in [0.1, 0.15) is 18.5 Å². The Morgan fingerprint density at radius 2 is 1.86 bits per heavy atom. The second-order valence-electron chi connectivity index (χ2n) is 11.2. The van der Waals surface area contributed by atoms with Gasteiger partial charge in [-0.2, -0.15) is 0 Å². The molecule has 1 aromatic rings. The Kier molecular flexibility index (Phi) is 10.3. The van der Waals surface area contributed by atoms with E-state index < -0.39 is 25.8 Å². The van der Waals surface area contributed by atoms with Crippen LogP contribution in [0.1, 0.15) is 64.3 Å². The minimum absolute atomic E-state index is 0.00700. The van der Waals surface area contributed by atoms with Crippen molar-refractivity contribution in [3.05, 3.63) is 60.4 Å². The Morgan fingerprint density at radius 3 is 2.47 bits per heavy atom. The summed E-state index contributed by atoms with van der Waals surface area (Å²) >= 11 is 0. The van der Waals surface area contributed by atoms with Gasteiger partial charge in [-0.1, -0.05) is 77.2 Å². The third kappa shape index (κ3) is 8.13. The van der Waals surface area contributed by atoms with E-state index in [0.29, 0.717) is 12.3 Å². The molecule has 0 spiro atoms. The highest BCUT2D eigenvalue weighted by molar-refractivity contribution is 6.74. The van der Waals surface area contributed by atoms with E-state index in [9.17, 15) is 9.90 Å². The lowest BCUT2D eigenvalue weighted by molar-refractivity contribution is -0.0181. The van der Waals surface area contributed by atoms with Gasteiger partial charge in [0.15, 0.2) is 14.0 Å². The van der Waals surface area contributed by atoms with Crippen molar-refractivity contribution in [2.24, 2.45) is 5.41 Å². The standard InChI is InChI=1S/C28H43NO6Si/c1-10-14-24(35-36(8,9)27(2,3)4)28(5,6)23(30)17-13-16-22-21(34-22)15-11-12-18-25-29-20(19-33-25)26(31)32-7/h10-16,18-19,21-24,30H,17H2,1-9H3/b14-10+,15-11+,16-13-,18-12-/t21?,22?,23-,24-/m0/s1. The first-order valence-corrected chi connectivity index (χ1v) is 15.3. The SMILES string of the molecule is C/C=C/[C@H](O[Si](C)(C)C(C)(C)C)C(C)(C)[C@@H](O)C/C=C\C1OC1/C=C/C=C\c1nc(C(=O)OC)co1. The van der Waals surface area contributed by atoms with Crippen LogP contribution in [-0.4, -0.2) is 55.9 Å². The molecule has 200 valence electrons. The highest BCUT2D eigenvalue weighted by Crippen LogP contribution is 2.41. The number of nitrogens with zero attached hydrogens (tertiary/aromatic N) is 1. The number of allylic oxidation sites excluding steroid dienone is 3. The van der Waals surface area contributed by atoms with Crippen LogP contribution < -0.4 is 0 Å². The van der Waals surface area contributed by atoms with Gasteiger partial charge in [0.25, 0.3) is 0 Å². The number of oxazole rings is 1. The maximum absolute atomic E-state index is 11.4. The fourth-order valence-electron chi connectivity index (χ4n) is 3.26. The monoisotopic (exact) mass is 517 g/mol. The Balaban J connectivity index is 1.87. The number of ether oxygens (including phenoxy) is 2. The van der Waals surface area contributed by atoms with Crippen LogP contribution in [0, 0.1) is 5.41 Å². The van der Waals surface area contributed by atoms with Crippen LogP contribution in [0.3, 0.4) is 0 Å². The minimum atomic E-state index is -2.00. The summed E-state index contributed by atoms with van der Waals surface area (Å²) < 4.78 is 22.1. The van der Waals surface area contributed by atoms with Crippen LogP contribution in [0.25, 0.3) is 6.08 Å². The molecule has 4 atom stereocenters. The molecule has 2 unspecified atom stereocenters. The van der Waals surface area contributed by atoms with Gasteiger partial charge < -0.3 is 23.4 Å². The molecule has 0 saturated carbocycles. The van der Waals surface area contributed by atoms with E-state index in [2.05, 4.69) is 63.5 Å². The predicted octanol–water partition coefficient (Wildman–Crippen LogP) is 6.10. The van der Waals surface area contributed by atoms with Crippen LogP contribution in [0.5, 0.6) is 0 Å². The Morgan fingerprint density at radius 1 is 1.19 bits per heavy atom. The van der Waals surface area contributed by atoms with Crippen LogP contribution in [-0.2, 0) is 13.9 Å². The van der Waals surface area contributed by atoms with Crippen LogP contribution in [0.2, 0.25) is 18.1 Å². The van der Waals surface area contributed by atoms with E-state index in [0.717, 1.165) is 0 Å². The van der Waals surface area contributed by atoms with Crippen LogP contribution >= 0.6 is 0 Å². The number of hydrogen-bond donors (Lipinski definition) is 1. The number of methoxy groups -OCH3 is 1. The minimum Gasteiger partial charge on any atom is -0.464 e. The van der Waals surface area contributed by atoms with E-state index in [1.54, 1.807) is 12.2 Å². The molecule has 0 aliphatic carbocycles. The van der Waals surface area contributed by atoms with E-state index in [-0.39, 0.29) is 29.0 Å². The number of aliphatic hydroxyl groups excluding tert-OH is 1. The Labute approximate surface area is 217 Å². The van der Waals surface area contributed by atoms with Gasteiger partial charge in [-0.25, -0.2) is 9.78 Å². The predicted molar refractivity (Wildman–Crippen MR) is 145 cm³/mol. The summed E-state index contributed by atoms with van der Waals surface area (Å²) in [5.74, 6) is -0.220. The quantitative estimate of drug-likeness (QED) is 0.118. The third-order valence-corrected chi connectivity index (χ3v) is 11.5. The fraction of sp³-hybridized carbons (Fsp3) is 0.571.